The molecule has 4 nitrogen and oxygen atoms in total. The van der Waals surface area contributed by atoms with Crippen LogP contribution in [0.3, 0.4) is 0 Å². The topological polar surface area (TPSA) is 37.4 Å². The van der Waals surface area contributed by atoms with E-state index in [1.54, 1.807) is 0 Å². The summed E-state index contributed by atoms with van der Waals surface area (Å²) < 4.78 is 5.76. The number of ether oxygens (including phenoxy) is 1. The van der Waals surface area contributed by atoms with Crippen molar-refractivity contribution in [2.45, 2.75) is 39.7 Å². The molecule has 0 spiro atoms. The minimum absolute atomic E-state index is 0.736. The molecule has 1 aliphatic heterocycles. The van der Waals surface area contributed by atoms with Crippen molar-refractivity contribution in [2.75, 3.05) is 32.8 Å². The van der Waals surface area contributed by atoms with Gasteiger partial charge in [0.05, 0.1) is 0 Å². The molecule has 2 heterocycles. The summed E-state index contributed by atoms with van der Waals surface area (Å²) in [5, 5.41) is 3.40. The Morgan fingerprint density at radius 1 is 1.30 bits per heavy atom. The summed E-state index contributed by atoms with van der Waals surface area (Å²) in [5.74, 6) is 0.751. The number of likely N-dealkylation sites (tertiary alicyclic amines) is 1. The van der Waals surface area contributed by atoms with Crippen molar-refractivity contribution in [3.05, 3.63) is 23.4 Å². The lowest BCUT2D eigenvalue weighted by molar-refractivity contribution is 0.231. The second kappa shape index (κ2) is 8.22. The first-order valence-corrected chi connectivity index (χ1v) is 7.82. The van der Waals surface area contributed by atoms with E-state index in [4.69, 9.17) is 4.74 Å². The summed E-state index contributed by atoms with van der Waals surface area (Å²) in [7, 11) is 0. The Kier molecular flexibility index (Phi) is 6.27. The van der Waals surface area contributed by atoms with E-state index in [1.165, 1.54) is 31.5 Å². The van der Waals surface area contributed by atoms with Crippen molar-refractivity contribution in [3.8, 4) is 5.88 Å². The highest BCUT2D eigenvalue weighted by atomic mass is 16.5. The predicted octanol–water partition coefficient (Wildman–Crippen LogP) is 2.36. The summed E-state index contributed by atoms with van der Waals surface area (Å²) in [4.78, 5) is 6.99. The van der Waals surface area contributed by atoms with Gasteiger partial charge in [-0.25, -0.2) is 4.98 Å². The van der Waals surface area contributed by atoms with Crippen molar-refractivity contribution >= 4 is 0 Å². The van der Waals surface area contributed by atoms with Crippen LogP contribution >= 0.6 is 0 Å². The molecule has 1 fully saturated rings. The van der Waals surface area contributed by atoms with Crippen molar-refractivity contribution in [1.82, 2.24) is 15.2 Å². The van der Waals surface area contributed by atoms with Crippen molar-refractivity contribution in [2.24, 2.45) is 0 Å². The summed E-state index contributed by atoms with van der Waals surface area (Å²) >= 11 is 0. The average molecular weight is 277 g/mol. The number of nitrogens with one attached hydrogen (secondary N) is 1. The Labute approximate surface area is 122 Å². The van der Waals surface area contributed by atoms with Gasteiger partial charge in [-0.05, 0) is 51.4 Å². The Bertz CT molecular complexity index is 403. The number of pyridine rings is 1. The Morgan fingerprint density at radius 2 is 2.10 bits per heavy atom. The van der Waals surface area contributed by atoms with E-state index in [0.717, 1.165) is 44.2 Å². The number of hydrogen-bond acceptors (Lipinski definition) is 4. The van der Waals surface area contributed by atoms with Crippen LogP contribution in [0.1, 0.15) is 37.4 Å². The first-order valence-electron chi connectivity index (χ1n) is 7.82. The monoisotopic (exact) mass is 277 g/mol. The van der Waals surface area contributed by atoms with E-state index in [2.05, 4.69) is 35.1 Å². The molecule has 1 aromatic rings. The minimum Gasteiger partial charge on any atom is -0.476 e. The van der Waals surface area contributed by atoms with Crippen LogP contribution < -0.4 is 10.1 Å². The van der Waals surface area contributed by atoms with Gasteiger partial charge in [-0.3, -0.25) is 4.90 Å². The first kappa shape index (κ1) is 15.3. The fourth-order valence-corrected chi connectivity index (χ4v) is 2.52. The minimum atomic E-state index is 0.736. The molecule has 0 bridgehead atoms. The molecule has 1 saturated heterocycles. The molecule has 2 rings (SSSR count). The lowest BCUT2D eigenvalue weighted by Gasteiger charge is -2.15. The molecule has 1 aromatic heterocycles. The van der Waals surface area contributed by atoms with Gasteiger partial charge in [0, 0.05) is 24.8 Å². The highest BCUT2D eigenvalue weighted by Crippen LogP contribution is 2.13. The maximum atomic E-state index is 5.76. The zero-order chi connectivity index (χ0) is 14.2. The molecular weight excluding hydrogens is 250 g/mol. The molecular formula is C16H27N3O. The maximum absolute atomic E-state index is 5.76. The van der Waals surface area contributed by atoms with Crippen LogP contribution in [-0.2, 0) is 6.54 Å². The van der Waals surface area contributed by atoms with Crippen LogP contribution in [0.25, 0.3) is 0 Å². The highest BCUT2D eigenvalue weighted by molar-refractivity contribution is 5.24. The molecule has 4 heteroatoms. The number of rotatable bonds is 8. The van der Waals surface area contributed by atoms with Gasteiger partial charge in [-0.2, -0.15) is 0 Å². The van der Waals surface area contributed by atoms with Crippen molar-refractivity contribution < 1.29 is 4.74 Å². The lowest BCUT2D eigenvalue weighted by atomic mass is 10.2. The summed E-state index contributed by atoms with van der Waals surface area (Å²) in [6, 6.07) is 4.11. The molecule has 1 aliphatic rings. The van der Waals surface area contributed by atoms with E-state index in [-0.39, 0.29) is 0 Å². The zero-order valence-corrected chi connectivity index (χ0v) is 12.8. The number of nitrogens with zero attached hydrogens (tertiary/aromatic N) is 2. The molecule has 0 amide bonds. The molecule has 0 saturated carbocycles. The van der Waals surface area contributed by atoms with Crippen LogP contribution in [0.5, 0.6) is 5.88 Å². The van der Waals surface area contributed by atoms with E-state index < -0.39 is 0 Å². The second-order valence-electron chi connectivity index (χ2n) is 5.47. The number of aryl methyl sites for hydroxylation is 1. The quantitative estimate of drug-likeness (QED) is 0.740. The molecule has 112 valence electrons. The van der Waals surface area contributed by atoms with Crippen LogP contribution in [0, 0.1) is 6.92 Å². The molecule has 0 atom stereocenters. The van der Waals surface area contributed by atoms with Gasteiger partial charge < -0.3 is 10.1 Å². The fraction of sp³-hybridized carbons (Fsp3) is 0.688. The van der Waals surface area contributed by atoms with Gasteiger partial charge >= 0.3 is 0 Å². The molecule has 0 aromatic carbocycles. The van der Waals surface area contributed by atoms with Crippen LogP contribution in [0.4, 0.5) is 0 Å². The normalized spacial score (nSPS) is 15.7. The van der Waals surface area contributed by atoms with Gasteiger partial charge in [-0.1, -0.05) is 13.0 Å². The zero-order valence-electron chi connectivity index (χ0n) is 12.8. The summed E-state index contributed by atoms with van der Waals surface area (Å²) in [6.07, 6.45) is 3.82. The van der Waals surface area contributed by atoms with Crippen molar-refractivity contribution in [1.29, 1.82) is 0 Å². The predicted molar refractivity (Wildman–Crippen MR) is 82.1 cm³/mol. The SMILES string of the molecule is CCCNCc1ccc(OCCN2CCCC2)nc1C. The first-order chi connectivity index (χ1) is 9.79. The van der Waals surface area contributed by atoms with Crippen LogP contribution in [-0.4, -0.2) is 42.7 Å². The van der Waals surface area contributed by atoms with Gasteiger partial charge in [0.25, 0.3) is 0 Å². The maximum Gasteiger partial charge on any atom is 0.213 e. The third-order valence-electron chi connectivity index (χ3n) is 3.77. The van der Waals surface area contributed by atoms with E-state index in [1.807, 2.05) is 6.07 Å². The Balaban J connectivity index is 1.75. The van der Waals surface area contributed by atoms with E-state index >= 15 is 0 Å². The van der Waals surface area contributed by atoms with Gasteiger partial charge in [0.15, 0.2) is 0 Å². The smallest absolute Gasteiger partial charge is 0.213 e. The van der Waals surface area contributed by atoms with Gasteiger partial charge in [0.2, 0.25) is 5.88 Å². The van der Waals surface area contributed by atoms with Gasteiger partial charge in [-0.15, -0.1) is 0 Å². The molecule has 0 unspecified atom stereocenters. The largest absolute Gasteiger partial charge is 0.476 e. The number of hydrogen-bond donors (Lipinski definition) is 1. The third kappa shape index (κ3) is 4.76. The third-order valence-corrected chi connectivity index (χ3v) is 3.77. The van der Waals surface area contributed by atoms with Crippen LogP contribution in [0.2, 0.25) is 0 Å². The molecule has 0 radical (unpaired) electrons. The van der Waals surface area contributed by atoms with Gasteiger partial charge in [0.1, 0.15) is 6.61 Å². The Hall–Kier alpha value is -1.13. The van der Waals surface area contributed by atoms with Crippen LogP contribution in [0.15, 0.2) is 12.1 Å². The standard InChI is InChI=1S/C16H27N3O/c1-3-8-17-13-15-6-7-16(18-14(15)2)20-12-11-19-9-4-5-10-19/h6-7,17H,3-5,8-13H2,1-2H3. The molecule has 20 heavy (non-hydrogen) atoms. The highest BCUT2D eigenvalue weighted by Gasteiger charge is 2.11. The molecule has 0 aliphatic carbocycles. The number of aromatic nitrogens is 1. The van der Waals surface area contributed by atoms with E-state index in [0.29, 0.717) is 0 Å². The summed E-state index contributed by atoms with van der Waals surface area (Å²) in [6.45, 7) is 10.4. The summed E-state index contributed by atoms with van der Waals surface area (Å²) in [5.41, 5.74) is 2.32. The van der Waals surface area contributed by atoms with E-state index in [9.17, 15) is 0 Å². The lowest BCUT2D eigenvalue weighted by Crippen LogP contribution is -2.25. The fourth-order valence-electron chi connectivity index (χ4n) is 2.52. The molecule has 1 N–H and O–H groups in total. The second-order valence-corrected chi connectivity index (χ2v) is 5.47. The Morgan fingerprint density at radius 3 is 2.80 bits per heavy atom. The average Bonchev–Trinajstić information content (AvgIpc) is 2.95. The van der Waals surface area contributed by atoms with Crippen molar-refractivity contribution in [3.63, 3.8) is 0 Å².